The Morgan fingerprint density at radius 3 is 2.15 bits per heavy atom. The molecule has 9 amide bonds. The van der Waals surface area contributed by atoms with Gasteiger partial charge in [0.15, 0.2) is 0 Å². The smallest absolute Gasteiger partial charge is 0.412 e. The van der Waals surface area contributed by atoms with Crippen LogP contribution < -0.4 is 48.1 Å². The molecule has 26 nitrogen and oxygen atoms in total. The summed E-state index contributed by atoms with van der Waals surface area (Å²) < 4.78 is 31.8. The van der Waals surface area contributed by atoms with Crippen molar-refractivity contribution in [3.05, 3.63) is 94.6 Å². The summed E-state index contributed by atoms with van der Waals surface area (Å²) in [6, 6.07) is 12.0. The Hall–Kier alpha value is -9.08. The molecule has 3 aromatic carbocycles. The van der Waals surface area contributed by atoms with E-state index in [2.05, 4.69) is 63.7 Å². The fourth-order valence-electron chi connectivity index (χ4n) is 8.43. The van der Waals surface area contributed by atoms with Gasteiger partial charge in [0.2, 0.25) is 35.4 Å². The van der Waals surface area contributed by atoms with Crippen molar-refractivity contribution < 1.29 is 61.8 Å². The second-order valence-corrected chi connectivity index (χ2v) is 18.8. The Balaban J connectivity index is 0.835. The predicted molar refractivity (Wildman–Crippen MR) is 289 cm³/mol. The molecule has 1 fully saturated rings. The summed E-state index contributed by atoms with van der Waals surface area (Å²) in [6.07, 6.45) is 0.504. The number of halogens is 1. The van der Waals surface area contributed by atoms with Gasteiger partial charge in [-0.3, -0.25) is 53.4 Å². The van der Waals surface area contributed by atoms with Gasteiger partial charge in [0.1, 0.15) is 41.9 Å². The van der Waals surface area contributed by atoms with Crippen molar-refractivity contribution in [3.8, 4) is 11.4 Å². The van der Waals surface area contributed by atoms with Crippen molar-refractivity contribution in [2.75, 3.05) is 88.3 Å². The average molecular weight is 1110 g/mol. The fourth-order valence-corrected chi connectivity index (χ4v) is 8.43. The van der Waals surface area contributed by atoms with Gasteiger partial charge >= 0.3 is 6.09 Å². The third-order valence-electron chi connectivity index (χ3n) is 12.8. The van der Waals surface area contributed by atoms with Crippen molar-refractivity contribution in [3.63, 3.8) is 0 Å². The van der Waals surface area contributed by atoms with Gasteiger partial charge in [0, 0.05) is 75.6 Å². The van der Waals surface area contributed by atoms with Crippen molar-refractivity contribution >= 4 is 92.3 Å². The largest absolute Gasteiger partial charge is 0.444 e. The Kier molecular flexibility index (Phi) is 20.1. The number of primary amides is 1. The second-order valence-electron chi connectivity index (χ2n) is 18.8. The van der Waals surface area contributed by atoms with Gasteiger partial charge in [0.25, 0.3) is 17.4 Å². The number of nitrogens with zero attached hydrogens (tertiary/aromatic N) is 4. The molecule has 0 spiro atoms. The molecule has 2 aliphatic heterocycles. The number of H-pyrrole nitrogens is 2. The van der Waals surface area contributed by atoms with E-state index in [1.807, 2.05) is 18.2 Å². The summed E-state index contributed by atoms with van der Waals surface area (Å²) in [7, 11) is 2.07. The number of fused-ring (bicyclic) bond motifs is 2. The van der Waals surface area contributed by atoms with E-state index >= 15 is 4.39 Å². The summed E-state index contributed by atoms with van der Waals surface area (Å²) in [5, 5.41) is 15.0. The van der Waals surface area contributed by atoms with Crippen LogP contribution in [0.5, 0.6) is 0 Å². The van der Waals surface area contributed by atoms with Crippen LogP contribution in [-0.4, -0.2) is 169 Å². The molecule has 0 radical (unpaired) electrons. The van der Waals surface area contributed by atoms with Crippen LogP contribution in [0.15, 0.2) is 77.6 Å². The van der Waals surface area contributed by atoms with Crippen LogP contribution in [0.2, 0.25) is 0 Å². The zero-order chi connectivity index (χ0) is 57.5. The first-order chi connectivity index (χ1) is 38.3. The molecule has 2 aromatic heterocycles. The lowest BCUT2D eigenvalue weighted by molar-refractivity contribution is -0.137. The molecule has 3 atom stereocenters. The number of aromatic nitrogens is 3. The predicted octanol–water partition coefficient (Wildman–Crippen LogP) is 0.874. The van der Waals surface area contributed by atoms with Gasteiger partial charge in [-0.05, 0) is 68.9 Å². The van der Waals surface area contributed by atoms with E-state index in [1.165, 1.54) is 56.3 Å². The normalized spacial score (nSPS) is 14.6. The minimum absolute atomic E-state index is 0.00330. The number of aromatic amines is 2. The average Bonchev–Trinajstić information content (AvgIpc) is 4.00. The van der Waals surface area contributed by atoms with E-state index in [0.29, 0.717) is 16.6 Å². The molecule has 27 heteroatoms. The number of hydrogen-bond acceptors (Lipinski definition) is 16. The monoisotopic (exact) mass is 1110 g/mol. The topological polar surface area (TPSA) is 351 Å². The number of anilines is 3. The number of pyridine rings is 1. The molecule has 0 unspecified atom stereocenters. The quantitative estimate of drug-likeness (QED) is 0.0274. The van der Waals surface area contributed by atoms with Crippen molar-refractivity contribution in [1.29, 1.82) is 0 Å². The molecule has 10 N–H and O–H groups in total. The SMILES string of the molecule is C[C@@H](NC(=O)CCOCCOCCNC(=O)CCN1C(=O)C=CC1=O)C(=O)N[C@H](C)C(=O)N[C@H](CC(N)=O)C(=O)Nc1ccc(COC(=O)Nc2c(-c3nc4ccc(N5CCN(C)CC5)cc4[nH]3)c(=O)[nH]c3cccc(F)c23)cc1. The molecular weight excluding hydrogens is 1050 g/mol. The summed E-state index contributed by atoms with van der Waals surface area (Å²) in [6.45, 7) is 6.49. The lowest BCUT2D eigenvalue weighted by atomic mass is 10.1. The number of carbonyl (C=O) groups excluding carboxylic acids is 9. The Morgan fingerprint density at radius 1 is 0.750 bits per heavy atom. The number of ether oxygens (including phenoxy) is 3. The third-order valence-corrected chi connectivity index (χ3v) is 12.8. The van der Waals surface area contributed by atoms with E-state index in [1.54, 1.807) is 0 Å². The van der Waals surface area contributed by atoms with Crippen molar-refractivity contribution in [1.82, 2.24) is 46.0 Å². The Bertz CT molecular complexity index is 3210. The number of imidazole rings is 1. The number of likely N-dealkylation sites (N-methyl/N-ethyl adjacent to an activating group) is 1. The molecule has 0 saturated carbocycles. The molecule has 1 saturated heterocycles. The first-order valence-electron chi connectivity index (χ1n) is 25.6. The minimum Gasteiger partial charge on any atom is -0.444 e. The zero-order valence-electron chi connectivity index (χ0n) is 44.1. The number of imide groups is 1. The van der Waals surface area contributed by atoms with E-state index in [4.69, 9.17) is 19.9 Å². The van der Waals surface area contributed by atoms with Gasteiger partial charge in [-0.25, -0.2) is 14.2 Å². The maximum absolute atomic E-state index is 15.6. The molecule has 80 heavy (non-hydrogen) atoms. The van der Waals surface area contributed by atoms with Crippen LogP contribution in [0.25, 0.3) is 33.3 Å². The number of benzene rings is 3. The number of nitrogens with one attached hydrogen (secondary N) is 8. The van der Waals surface area contributed by atoms with Crippen LogP contribution >= 0.6 is 0 Å². The van der Waals surface area contributed by atoms with Crippen molar-refractivity contribution in [2.45, 2.75) is 57.8 Å². The first kappa shape index (κ1) is 58.6. The lowest BCUT2D eigenvalue weighted by Gasteiger charge is -2.34. The summed E-state index contributed by atoms with van der Waals surface area (Å²) in [5.41, 5.74) is 7.40. The maximum atomic E-state index is 15.6. The molecular formula is C53H62FN13O13. The van der Waals surface area contributed by atoms with Gasteiger partial charge in [0.05, 0.1) is 60.5 Å². The number of amides is 9. The standard InChI is InChI=1S/C53H62FN13O13/c1-30(57-42(70)16-23-78-25-26-79-24-17-56-41(69)15-18-67-43(71)13-14-44(67)72)49(73)58-31(2)50(74)63-39(28-40(55)68)51(75)59-33-9-7-32(8-10-33)29-80-53(77)64-47-45-35(54)5-4-6-37(45)62-52(76)46(47)48-60-36-12-11-34(27-38(36)61-48)66-21-19-65(3)20-22-66/h4-14,27,30-31,39H,15-26,28-29H2,1-3H3,(H2,55,68)(H,56,69)(H,57,70)(H,58,73)(H,59,75)(H,60,61)(H,63,74)(H2,62,64,76,77)/t30-,31-,39-/m1/s1. The van der Waals surface area contributed by atoms with E-state index in [0.717, 1.165) is 48.9 Å². The van der Waals surface area contributed by atoms with Crippen LogP contribution in [0.3, 0.4) is 0 Å². The Labute approximate surface area is 456 Å². The molecule has 2 aliphatic rings. The van der Waals surface area contributed by atoms with E-state index < -0.39 is 83.4 Å². The molecule has 5 aromatic rings. The highest BCUT2D eigenvalue weighted by Gasteiger charge is 2.29. The van der Waals surface area contributed by atoms with Gasteiger partial charge in [-0.15, -0.1) is 0 Å². The van der Waals surface area contributed by atoms with Gasteiger partial charge in [-0.2, -0.15) is 0 Å². The summed E-state index contributed by atoms with van der Waals surface area (Å²) >= 11 is 0. The van der Waals surface area contributed by atoms with Crippen LogP contribution in [0.4, 0.5) is 26.2 Å². The van der Waals surface area contributed by atoms with E-state index in [-0.39, 0.29) is 98.5 Å². The lowest BCUT2D eigenvalue weighted by Crippen LogP contribution is -2.55. The second kappa shape index (κ2) is 27.5. The molecule has 0 aliphatic carbocycles. The maximum Gasteiger partial charge on any atom is 0.412 e. The van der Waals surface area contributed by atoms with Crippen LogP contribution in [0.1, 0.15) is 38.7 Å². The first-order valence-corrected chi connectivity index (χ1v) is 25.6. The molecule has 4 heterocycles. The minimum atomic E-state index is -1.47. The Morgan fingerprint density at radius 2 is 1.44 bits per heavy atom. The summed E-state index contributed by atoms with van der Waals surface area (Å²) in [5.74, 6) is -5.76. The summed E-state index contributed by atoms with van der Waals surface area (Å²) in [4.78, 5) is 142. The molecule has 7 rings (SSSR count). The zero-order valence-corrected chi connectivity index (χ0v) is 44.1. The van der Waals surface area contributed by atoms with Gasteiger partial charge < -0.3 is 66.3 Å². The van der Waals surface area contributed by atoms with E-state index in [9.17, 15) is 47.9 Å². The van der Waals surface area contributed by atoms with Crippen LogP contribution in [0, 0.1) is 5.82 Å². The van der Waals surface area contributed by atoms with Crippen molar-refractivity contribution in [2.24, 2.45) is 5.73 Å². The number of piperazine rings is 1. The molecule has 0 bridgehead atoms. The molecule has 424 valence electrons. The fraction of sp³-hybridized carbons (Fsp3) is 0.377. The number of hydrogen-bond donors (Lipinski definition) is 9. The highest BCUT2D eigenvalue weighted by Crippen LogP contribution is 2.33. The number of carbonyl (C=O) groups is 9. The third kappa shape index (κ3) is 16.0. The number of rotatable bonds is 26. The number of nitrogens with two attached hydrogens (primary N) is 1. The highest BCUT2D eigenvalue weighted by atomic mass is 19.1. The highest BCUT2D eigenvalue weighted by molar-refractivity contribution is 6.13. The van der Waals surface area contributed by atoms with Crippen LogP contribution in [-0.2, 0) is 59.2 Å². The van der Waals surface area contributed by atoms with Gasteiger partial charge in [-0.1, -0.05) is 18.2 Å².